The first kappa shape index (κ1) is 16.2. The van der Waals surface area contributed by atoms with Gasteiger partial charge in [0.15, 0.2) is 0 Å². The van der Waals surface area contributed by atoms with E-state index in [4.69, 9.17) is 10.5 Å². The van der Waals surface area contributed by atoms with Gasteiger partial charge in [0.25, 0.3) is 0 Å². The van der Waals surface area contributed by atoms with E-state index in [-0.39, 0.29) is 0 Å². The van der Waals surface area contributed by atoms with Crippen LogP contribution in [0.3, 0.4) is 0 Å². The Morgan fingerprint density at radius 2 is 1.82 bits per heavy atom. The topological polar surface area (TPSA) is 38.5 Å². The standard InChI is InChI=1S/C19H26N2O/c1-3-14-22-19-11-10-16(15-18(19)20)12-13-21(4-2)17-8-6-5-7-9-17/h5-11,15H,3-4,12-14,20H2,1-2H3. The van der Waals surface area contributed by atoms with Crippen LogP contribution in [-0.2, 0) is 6.42 Å². The van der Waals surface area contributed by atoms with Crippen LogP contribution in [0.25, 0.3) is 0 Å². The first-order valence-electron chi connectivity index (χ1n) is 8.05. The number of likely N-dealkylation sites (N-methyl/N-ethyl adjacent to an activating group) is 1. The summed E-state index contributed by atoms with van der Waals surface area (Å²) in [5.74, 6) is 0.793. The SMILES string of the molecule is CCCOc1ccc(CCN(CC)c2ccccc2)cc1N. The van der Waals surface area contributed by atoms with E-state index in [0.717, 1.165) is 37.4 Å². The van der Waals surface area contributed by atoms with Gasteiger partial charge >= 0.3 is 0 Å². The summed E-state index contributed by atoms with van der Waals surface area (Å²) in [4.78, 5) is 2.37. The van der Waals surface area contributed by atoms with E-state index in [1.54, 1.807) is 0 Å². The quantitative estimate of drug-likeness (QED) is 0.745. The molecule has 0 saturated heterocycles. The highest BCUT2D eigenvalue weighted by Gasteiger charge is 2.06. The number of ether oxygens (including phenoxy) is 1. The molecule has 118 valence electrons. The number of benzene rings is 2. The number of para-hydroxylation sites is 1. The molecule has 0 heterocycles. The van der Waals surface area contributed by atoms with Gasteiger partial charge in [-0.2, -0.15) is 0 Å². The molecule has 0 spiro atoms. The van der Waals surface area contributed by atoms with E-state index >= 15 is 0 Å². The van der Waals surface area contributed by atoms with Crippen LogP contribution < -0.4 is 15.4 Å². The Balaban J connectivity index is 1.97. The fourth-order valence-corrected chi connectivity index (χ4v) is 2.47. The molecule has 22 heavy (non-hydrogen) atoms. The zero-order valence-electron chi connectivity index (χ0n) is 13.6. The molecule has 0 aliphatic rings. The van der Waals surface area contributed by atoms with Crippen molar-refractivity contribution in [2.75, 3.05) is 30.3 Å². The summed E-state index contributed by atoms with van der Waals surface area (Å²) in [6.45, 7) is 6.96. The van der Waals surface area contributed by atoms with E-state index in [2.05, 4.69) is 49.1 Å². The molecule has 0 bridgehead atoms. The van der Waals surface area contributed by atoms with E-state index in [0.29, 0.717) is 6.61 Å². The molecule has 0 saturated carbocycles. The summed E-state index contributed by atoms with van der Waals surface area (Å²) in [5.41, 5.74) is 9.31. The van der Waals surface area contributed by atoms with Gasteiger partial charge < -0.3 is 15.4 Å². The Kier molecular flexibility index (Phi) is 6.13. The Morgan fingerprint density at radius 3 is 2.45 bits per heavy atom. The molecule has 3 nitrogen and oxygen atoms in total. The van der Waals surface area contributed by atoms with E-state index < -0.39 is 0 Å². The molecule has 2 N–H and O–H groups in total. The summed E-state index contributed by atoms with van der Waals surface area (Å²) in [6, 6.07) is 16.6. The number of nitrogen functional groups attached to an aromatic ring is 1. The number of nitrogens with zero attached hydrogens (tertiary/aromatic N) is 1. The Bertz CT molecular complexity index is 569. The number of rotatable bonds is 8. The maximum Gasteiger partial charge on any atom is 0.142 e. The summed E-state index contributed by atoms with van der Waals surface area (Å²) >= 11 is 0. The van der Waals surface area contributed by atoms with Gasteiger partial charge in [-0.25, -0.2) is 0 Å². The van der Waals surface area contributed by atoms with Crippen molar-refractivity contribution in [3.05, 3.63) is 54.1 Å². The Labute approximate surface area is 133 Å². The van der Waals surface area contributed by atoms with Gasteiger partial charge in [-0.3, -0.25) is 0 Å². The maximum absolute atomic E-state index is 6.07. The molecular weight excluding hydrogens is 272 g/mol. The number of hydrogen-bond acceptors (Lipinski definition) is 3. The second-order valence-corrected chi connectivity index (χ2v) is 5.39. The fourth-order valence-electron chi connectivity index (χ4n) is 2.47. The molecule has 2 aromatic carbocycles. The third-order valence-electron chi connectivity index (χ3n) is 3.71. The first-order chi connectivity index (χ1) is 10.7. The van der Waals surface area contributed by atoms with Crippen LogP contribution >= 0.6 is 0 Å². The zero-order valence-corrected chi connectivity index (χ0v) is 13.6. The van der Waals surface area contributed by atoms with Crippen molar-refractivity contribution >= 4 is 11.4 Å². The van der Waals surface area contributed by atoms with Gasteiger partial charge in [-0.05, 0) is 49.6 Å². The van der Waals surface area contributed by atoms with Crippen molar-refractivity contribution < 1.29 is 4.74 Å². The lowest BCUT2D eigenvalue weighted by atomic mass is 10.1. The highest BCUT2D eigenvalue weighted by atomic mass is 16.5. The summed E-state index contributed by atoms with van der Waals surface area (Å²) < 4.78 is 5.62. The Hall–Kier alpha value is -2.16. The molecule has 2 aromatic rings. The molecular formula is C19H26N2O. The van der Waals surface area contributed by atoms with Crippen molar-refractivity contribution in [3.63, 3.8) is 0 Å². The average Bonchev–Trinajstić information content (AvgIpc) is 2.55. The van der Waals surface area contributed by atoms with Crippen LogP contribution in [0.1, 0.15) is 25.8 Å². The minimum absolute atomic E-state index is 0.709. The monoisotopic (exact) mass is 298 g/mol. The van der Waals surface area contributed by atoms with Crippen LogP contribution in [-0.4, -0.2) is 19.7 Å². The van der Waals surface area contributed by atoms with Gasteiger partial charge in [-0.1, -0.05) is 31.2 Å². The number of nitrogens with two attached hydrogens (primary N) is 1. The van der Waals surface area contributed by atoms with E-state index in [9.17, 15) is 0 Å². The average molecular weight is 298 g/mol. The highest BCUT2D eigenvalue weighted by molar-refractivity contribution is 5.54. The third-order valence-corrected chi connectivity index (χ3v) is 3.71. The second-order valence-electron chi connectivity index (χ2n) is 5.39. The molecule has 3 heteroatoms. The van der Waals surface area contributed by atoms with Crippen LogP contribution in [0.4, 0.5) is 11.4 Å². The van der Waals surface area contributed by atoms with Crippen molar-refractivity contribution in [2.45, 2.75) is 26.7 Å². The van der Waals surface area contributed by atoms with Gasteiger partial charge in [0.2, 0.25) is 0 Å². The summed E-state index contributed by atoms with van der Waals surface area (Å²) in [6.07, 6.45) is 1.96. The van der Waals surface area contributed by atoms with Gasteiger partial charge in [-0.15, -0.1) is 0 Å². The fraction of sp³-hybridized carbons (Fsp3) is 0.368. The lowest BCUT2D eigenvalue weighted by Gasteiger charge is -2.23. The zero-order chi connectivity index (χ0) is 15.8. The predicted octanol–water partition coefficient (Wildman–Crippen LogP) is 4.13. The molecule has 0 fully saturated rings. The van der Waals surface area contributed by atoms with Gasteiger partial charge in [0.1, 0.15) is 5.75 Å². The largest absolute Gasteiger partial charge is 0.491 e. The van der Waals surface area contributed by atoms with Crippen LogP contribution in [0.2, 0.25) is 0 Å². The third kappa shape index (κ3) is 4.42. The number of anilines is 2. The lowest BCUT2D eigenvalue weighted by Crippen LogP contribution is -2.25. The molecule has 0 aliphatic heterocycles. The van der Waals surface area contributed by atoms with Crippen molar-refractivity contribution in [2.24, 2.45) is 0 Å². The van der Waals surface area contributed by atoms with Gasteiger partial charge in [0.05, 0.1) is 12.3 Å². The normalized spacial score (nSPS) is 10.5. The first-order valence-corrected chi connectivity index (χ1v) is 8.05. The van der Waals surface area contributed by atoms with Crippen LogP contribution in [0, 0.1) is 0 Å². The number of hydrogen-bond donors (Lipinski definition) is 1. The molecule has 0 radical (unpaired) electrons. The molecule has 0 aromatic heterocycles. The predicted molar refractivity (Wildman–Crippen MR) is 94.7 cm³/mol. The minimum Gasteiger partial charge on any atom is -0.491 e. The molecule has 2 rings (SSSR count). The summed E-state index contributed by atoms with van der Waals surface area (Å²) in [5, 5.41) is 0. The smallest absolute Gasteiger partial charge is 0.142 e. The molecule has 0 amide bonds. The lowest BCUT2D eigenvalue weighted by molar-refractivity contribution is 0.319. The van der Waals surface area contributed by atoms with E-state index in [1.165, 1.54) is 11.3 Å². The van der Waals surface area contributed by atoms with Crippen molar-refractivity contribution in [3.8, 4) is 5.75 Å². The van der Waals surface area contributed by atoms with Gasteiger partial charge in [0, 0.05) is 18.8 Å². The minimum atomic E-state index is 0.709. The second kappa shape index (κ2) is 8.32. The highest BCUT2D eigenvalue weighted by Crippen LogP contribution is 2.23. The molecule has 0 unspecified atom stereocenters. The van der Waals surface area contributed by atoms with Crippen molar-refractivity contribution in [1.82, 2.24) is 0 Å². The van der Waals surface area contributed by atoms with Crippen LogP contribution in [0.5, 0.6) is 5.75 Å². The summed E-state index contributed by atoms with van der Waals surface area (Å²) in [7, 11) is 0. The van der Waals surface area contributed by atoms with Crippen LogP contribution in [0.15, 0.2) is 48.5 Å². The van der Waals surface area contributed by atoms with E-state index in [1.807, 2.05) is 18.2 Å². The molecule has 0 atom stereocenters. The molecule has 0 aliphatic carbocycles. The maximum atomic E-state index is 6.07. The van der Waals surface area contributed by atoms with Crippen molar-refractivity contribution in [1.29, 1.82) is 0 Å². The Morgan fingerprint density at radius 1 is 1.05 bits per heavy atom.